The number of fused-ring (bicyclic) bond motifs is 1. The third kappa shape index (κ3) is 3.17. The molecular weight excluding hydrogens is 348 g/mol. The number of hydrogen-bond acceptors (Lipinski definition) is 4. The molecule has 0 aliphatic carbocycles. The maximum Gasteiger partial charge on any atom is 0.253 e. The monoisotopic (exact) mass is 360 g/mol. The Morgan fingerprint density at radius 1 is 1.33 bits per heavy atom. The number of imidazole rings is 1. The van der Waals surface area contributed by atoms with Crippen molar-refractivity contribution < 1.29 is 9.59 Å². The zero-order valence-electron chi connectivity index (χ0n) is 12.6. The predicted molar refractivity (Wildman–Crippen MR) is 95.6 cm³/mol. The molecule has 6 nitrogen and oxygen atoms in total. The van der Waals surface area contributed by atoms with E-state index < -0.39 is 0 Å². The van der Waals surface area contributed by atoms with Crippen molar-refractivity contribution in [3.05, 3.63) is 58.3 Å². The largest absolute Gasteiger partial charge is 0.355 e. The highest BCUT2D eigenvalue weighted by Crippen LogP contribution is 2.22. The Kier molecular flexibility index (Phi) is 4.64. The predicted octanol–water partition coefficient (Wildman–Crippen LogP) is 3.06. The lowest BCUT2D eigenvalue weighted by Crippen LogP contribution is -2.20. The van der Waals surface area contributed by atoms with Gasteiger partial charge in [0.05, 0.1) is 16.9 Å². The molecule has 8 heteroatoms. The summed E-state index contributed by atoms with van der Waals surface area (Å²) in [5.74, 6) is -0.638. The standard InChI is InChI=1S/C16H13ClN4O2S/c1-18-15(23)10-4-2-3-5-11(10)19-13(22)7-6-12-14(17)20-16-21(12)8-9-24-16/h2-9H,1H3,(H,18,23)(H,19,22)/b7-6+. The lowest BCUT2D eigenvalue weighted by molar-refractivity contribution is -0.111. The van der Waals surface area contributed by atoms with Gasteiger partial charge < -0.3 is 10.6 Å². The number of carbonyl (C=O) groups excluding carboxylic acids is 2. The van der Waals surface area contributed by atoms with E-state index in [9.17, 15) is 9.59 Å². The van der Waals surface area contributed by atoms with Crippen LogP contribution in [0.25, 0.3) is 11.0 Å². The van der Waals surface area contributed by atoms with E-state index in [-0.39, 0.29) is 11.8 Å². The molecule has 3 aromatic rings. The van der Waals surface area contributed by atoms with Gasteiger partial charge in [-0.3, -0.25) is 14.0 Å². The average molecular weight is 361 g/mol. The van der Waals surface area contributed by atoms with Crippen molar-refractivity contribution in [2.45, 2.75) is 0 Å². The molecule has 2 heterocycles. The molecule has 2 amide bonds. The number of nitrogens with zero attached hydrogens (tertiary/aromatic N) is 2. The topological polar surface area (TPSA) is 75.5 Å². The minimum Gasteiger partial charge on any atom is -0.355 e. The van der Waals surface area contributed by atoms with E-state index in [1.807, 2.05) is 11.6 Å². The van der Waals surface area contributed by atoms with E-state index in [1.54, 1.807) is 34.7 Å². The average Bonchev–Trinajstić information content (AvgIpc) is 3.13. The molecule has 0 aliphatic rings. The molecule has 0 unspecified atom stereocenters. The van der Waals surface area contributed by atoms with Gasteiger partial charge in [0, 0.05) is 24.7 Å². The molecule has 0 saturated heterocycles. The summed E-state index contributed by atoms with van der Waals surface area (Å²) in [7, 11) is 1.54. The Morgan fingerprint density at radius 2 is 2.12 bits per heavy atom. The lowest BCUT2D eigenvalue weighted by atomic mass is 10.1. The fraction of sp³-hybridized carbons (Fsp3) is 0.0625. The number of hydrogen-bond donors (Lipinski definition) is 2. The van der Waals surface area contributed by atoms with Gasteiger partial charge in [-0.2, -0.15) is 0 Å². The molecule has 3 rings (SSSR count). The van der Waals surface area contributed by atoms with Crippen LogP contribution in [0.5, 0.6) is 0 Å². The van der Waals surface area contributed by atoms with Crippen LogP contribution in [0.4, 0.5) is 5.69 Å². The third-order valence-corrected chi connectivity index (χ3v) is 4.34. The van der Waals surface area contributed by atoms with Gasteiger partial charge in [-0.15, -0.1) is 11.3 Å². The van der Waals surface area contributed by atoms with Crippen LogP contribution in [0.15, 0.2) is 41.9 Å². The third-order valence-electron chi connectivity index (χ3n) is 3.30. The number of anilines is 1. The molecule has 2 aromatic heterocycles. The first-order chi connectivity index (χ1) is 11.6. The molecule has 2 N–H and O–H groups in total. The maximum absolute atomic E-state index is 12.2. The van der Waals surface area contributed by atoms with E-state index in [0.29, 0.717) is 22.1 Å². The van der Waals surface area contributed by atoms with Gasteiger partial charge >= 0.3 is 0 Å². The number of benzene rings is 1. The summed E-state index contributed by atoms with van der Waals surface area (Å²) in [5, 5.41) is 7.45. The second-order valence-corrected chi connectivity index (χ2v) is 6.02. The smallest absolute Gasteiger partial charge is 0.253 e. The molecule has 0 aliphatic heterocycles. The van der Waals surface area contributed by atoms with Gasteiger partial charge in [-0.1, -0.05) is 23.7 Å². The van der Waals surface area contributed by atoms with Gasteiger partial charge in [-0.05, 0) is 18.2 Å². The molecule has 24 heavy (non-hydrogen) atoms. The number of thiazole rings is 1. The molecule has 122 valence electrons. The van der Waals surface area contributed by atoms with Gasteiger partial charge in [0.1, 0.15) is 0 Å². The minimum atomic E-state index is -0.368. The number of halogens is 1. The molecule has 0 saturated carbocycles. The second-order valence-electron chi connectivity index (χ2n) is 4.79. The van der Waals surface area contributed by atoms with Crippen LogP contribution in [0.3, 0.4) is 0 Å². The van der Waals surface area contributed by atoms with Gasteiger partial charge in [0.25, 0.3) is 5.91 Å². The number of amides is 2. The fourth-order valence-electron chi connectivity index (χ4n) is 2.18. The highest BCUT2D eigenvalue weighted by molar-refractivity contribution is 7.15. The fourth-order valence-corrected chi connectivity index (χ4v) is 3.19. The number of carbonyl (C=O) groups is 2. The summed E-state index contributed by atoms with van der Waals surface area (Å²) in [6, 6.07) is 6.78. The van der Waals surface area contributed by atoms with Crippen LogP contribution in [0, 0.1) is 0 Å². The van der Waals surface area contributed by atoms with E-state index in [1.165, 1.54) is 24.5 Å². The van der Waals surface area contributed by atoms with Gasteiger partial charge in [0.15, 0.2) is 10.1 Å². The first-order valence-electron chi connectivity index (χ1n) is 7.01. The van der Waals surface area contributed by atoms with Crippen LogP contribution >= 0.6 is 22.9 Å². The molecule has 0 bridgehead atoms. The van der Waals surface area contributed by atoms with Crippen molar-refractivity contribution in [3.8, 4) is 0 Å². The van der Waals surface area contributed by atoms with Crippen LogP contribution in [-0.4, -0.2) is 28.2 Å². The van der Waals surface area contributed by atoms with E-state index in [0.717, 1.165) is 4.96 Å². The van der Waals surface area contributed by atoms with Crippen molar-refractivity contribution in [1.29, 1.82) is 0 Å². The zero-order valence-corrected chi connectivity index (χ0v) is 14.2. The van der Waals surface area contributed by atoms with Crippen molar-refractivity contribution >= 4 is 51.5 Å². The van der Waals surface area contributed by atoms with Crippen molar-refractivity contribution in [1.82, 2.24) is 14.7 Å². The summed E-state index contributed by atoms with van der Waals surface area (Å²) < 4.78 is 1.80. The van der Waals surface area contributed by atoms with Crippen LogP contribution in [0.1, 0.15) is 16.1 Å². The Labute approximate surface area is 146 Å². The summed E-state index contributed by atoms with van der Waals surface area (Å²) >= 11 is 7.53. The summed E-state index contributed by atoms with van der Waals surface area (Å²) in [6.07, 6.45) is 4.78. The van der Waals surface area contributed by atoms with E-state index >= 15 is 0 Å². The molecule has 0 radical (unpaired) electrons. The zero-order chi connectivity index (χ0) is 17.1. The van der Waals surface area contributed by atoms with E-state index in [2.05, 4.69) is 15.6 Å². The minimum absolute atomic E-state index is 0.270. The van der Waals surface area contributed by atoms with Gasteiger partial charge in [-0.25, -0.2) is 4.98 Å². The first kappa shape index (κ1) is 16.2. The molecule has 0 atom stereocenters. The number of aromatic nitrogens is 2. The molecule has 0 fully saturated rings. The summed E-state index contributed by atoms with van der Waals surface area (Å²) in [4.78, 5) is 28.9. The number of para-hydroxylation sites is 1. The van der Waals surface area contributed by atoms with Crippen LogP contribution in [0.2, 0.25) is 5.15 Å². The van der Waals surface area contributed by atoms with Gasteiger partial charge in [0.2, 0.25) is 5.91 Å². The highest BCUT2D eigenvalue weighted by atomic mass is 35.5. The normalized spacial score (nSPS) is 11.1. The second kappa shape index (κ2) is 6.86. The number of nitrogens with one attached hydrogen (secondary N) is 2. The Bertz CT molecular complexity index is 945. The molecule has 1 aromatic carbocycles. The van der Waals surface area contributed by atoms with Crippen molar-refractivity contribution in [2.24, 2.45) is 0 Å². The van der Waals surface area contributed by atoms with Crippen molar-refractivity contribution in [2.75, 3.05) is 12.4 Å². The molecular formula is C16H13ClN4O2S. The highest BCUT2D eigenvalue weighted by Gasteiger charge is 2.11. The number of rotatable bonds is 4. The van der Waals surface area contributed by atoms with Crippen molar-refractivity contribution in [3.63, 3.8) is 0 Å². The SMILES string of the molecule is CNC(=O)c1ccccc1NC(=O)/C=C/c1c(Cl)nc2sccn12. The lowest BCUT2D eigenvalue weighted by Gasteiger charge is -2.08. The Hall–Kier alpha value is -2.64. The summed E-state index contributed by atoms with van der Waals surface area (Å²) in [5.41, 5.74) is 1.46. The molecule has 0 spiro atoms. The van der Waals surface area contributed by atoms with E-state index in [4.69, 9.17) is 11.6 Å². The first-order valence-corrected chi connectivity index (χ1v) is 8.27. The summed E-state index contributed by atoms with van der Waals surface area (Å²) in [6.45, 7) is 0. The quantitative estimate of drug-likeness (QED) is 0.702. The Balaban J connectivity index is 1.80. The Morgan fingerprint density at radius 3 is 2.92 bits per heavy atom. The van der Waals surface area contributed by atoms with Crippen LogP contribution < -0.4 is 10.6 Å². The van der Waals surface area contributed by atoms with Crippen LogP contribution in [-0.2, 0) is 4.79 Å². The maximum atomic E-state index is 12.2.